The summed E-state index contributed by atoms with van der Waals surface area (Å²) in [7, 11) is -3.78. The third kappa shape index (κ3) is 3.28. The van der Waals surface area contributed by atoms with Crippen molar-refractivity contribution in [2.45, 2.75) is 25.3 Å². The van der Waals surface area contributed by atoms with Crippen molar-refractivity contribution < 1.29 is 18.3 Å². The number of carboxylic acids is 1. The van der Waals surface area contributed by atoms with Crippen molar-refractivity contribution in [1.29, 1.82) is 0 Å². The Morgan fingerprint density at radius 3 is 2.57 bits per heavy atom. The van der Waals surface area contributed by atoms with Gasteiger partial charge >= 0.3 is 5.97 Å². The number of aliphatic carboxylic acids is 1. The van der Waals surface area contributed by atoms with E-state index in [1.54, 1.807) is 24.3 Å². The fourth-order valence-electron chi connectivity index (χ4n) is 2.37. The molecule has 5 nitrogen and oxygen atoms in total. The van der Waals surface area contributed by atoms with Crippen LogP contribution in [-0.4, -0.2) is 35.9 Å². The van der Waals surface area contributed by atoms with Crippen molar-refractivity contribution in [2.24, 2.45) is 0 Å². The summed E-state index contributed by atoms with van der Waals surface area (Å²) in [5, 5.41) is 10.9. The average molecular weight is 330 g/mol. The highest BCUT2D eigenvalue weighted by Gasteiger charge is 2.48. The summed E-state index contributed by atoms with van der Waals surface area (Å²) in [6.45, 7) is 1.66. The van der Waals surface area contributed by atoms with Crippen LogP contribution in [0, 0.1) is 0 Å². The summed E-state index contributed by atoms with van der Waals surface area (Å²) in [4.78, 5) is 11.3. The molecule has 0 aromatic heterocycles. The molecule has 114 valence electrons. The molecule has 0 saturated carbocycles. The molecule has 0 radical (unpaired) electrons. The normalized spacial score (nSPS) is 23.7. The summed E-state index contributed by atoms with van der Waals surface area (Å²) >= 11 is 5.76. The smallest absolute Gasteiger partial charge is 0.324 e. The van der Waals surface area contributed by atoms with E-state index in [1.165, 1.54) is 13.0 Å². The van der Waals surface area contributed by atoms with Gasteiger partial charge in [-0.25, -0.2) is 8.42 Å². The third-order valence-electron chi connectivity index (χ3n) is 3.65. The van der Waals surface area contributed by atoms with Gasteiger partial charge in [-0.05, 0) is 43.5 Å². The second-order valence-electron chi connectivity index (χ2n) is 5.15. The summed E-state index contributed by atoms with van der Waals surface area (Å²) in [6, 6.07) is 6.69. The van der Waals surface area contributed by atoms with E-state index in [-0.39, 0.29) is 6.54 Å². The van der Waals surface area contributed by atoms with Gasteiger partial charge in [0.2, 0.25) is 10.0 Å². The lowest BCUT2D eigenvalue weighted by Crippen LogP contribution is -2.49. The van der Waals surface area contributed by atoms with Gasteiger partial charge in [0.05, 0.1) is 0 Å². The van der Waals surface area contributed by atoms with E-state index in [9.17, 15) is 18.3 Å². The zero-order chi connectivity index (χ0) is 15.7. The molecule has 7 heteroatoms. The number of carboxylic acid groups (broad SMARTS) is 1. The van der Waals surface area contributed by atoms with Gasteiger partial charge in [0, 0.05) is 17.0 Å². The molecule has 1 N–H and O–H groups in total. The van der Waals surface area contributed by atoms with Crippen LogP contribution >= 0.6 is 11.6 Å². The fourth-order valence-corrected chi connectivity index (χ4v) is 4.09. The first-order chi connectivity index (χ1) is 9.75. The third-order valence-corrected chi connectivity index (χ3v) is 5.58. The maximum absolute atomic E-state index is 12.3. The summed E-state index contributed by atoms with van der Waals surface area (Å²) in [6.07, 6.45) is 2.29. The molecule has 1 aliphatic heterocycles. The van der Waals surface area contributed by atoms with Gasteiger partial charge in [-0.15, -0.1) is 0 Å². The average Bonchev–Trinajstić information content (AvgIpc) is 2.83. The van der Waals surface area contributed by atoms with Crippen molar-refractivity contribution in [1.82, 2.24) is 4.31 Å². The first kappa shape index (κ1) is 16.0. The van der Waals surface area contributed by atoms with Gasteiger partial charge in [-0.3, -0.25) is 4.79 Å². The minimum Gasteiger partial charge on any atom is -0.480 e. The van der Waals surface area contributed by atoms with Crippen molar-refractivity contribution in [3.05, 3.63) is 40.3 Å². The van der Waals surface area contributed by atoms with Crippen molar-refractivity contribution in [2.75, 3.05) is 6.54 Å². The summed E-state index contributed by atoms with van der Waals surface area (Å²) in [5.41, 5.74) is -0.692. The van der Waals surface area contributed by atoms with Gasteiger partial charge < -0.3 is 5.11 Å². The van der Waals surface area contributed by atoms with Gasteiger partial charge in [-0.2, -0.15) is 4.31 Å². The minimum absolute atomic E-state index is 0.218. The molecule has 0 bridgehead atoms. The summed E-state index contributed by atoms with van der Waals surface area (Å²) < 4.78 is 25.7. The zero-order valence-electron chi connectivity index (χ0n) is 11.5. The van der Waals surface area contributed by atoms with E-state index in [0.717, 1.165) is 9.71 Å². The minimum atomic E-state index is -3.78. The van der Waals surface area contributed by atoms with E-state index in [0.29, 0.717) is 23.4 Å². The Hall–Kier alpha value is -1.37. The van der Waals surface area contributed by atoms with Crippen LogP contribution in [0.4, 0.5) is 0 Å². The highest BCUT2D eigenvalue weighted by Crippen LogP contribution is 2.32. The summed E-state index contributed by atoms with van der Waals surface area (Å²) in [5.74, 6) is -1.12. The predicted octanol–water partition coefficient (Wildman–Crippen LogP) is 2.58. The largest absolute Gasteiger partial charge is 0.480 e. The second kappa shape index (κ2) is 5.79. The number of hydrogen-bond acceptors (Lipinski definition) is 3. The Bertz CT molecular complexity index is 669. The van der Waals surface area contributed by atoms with Gasteiger partial charge in [0.25, 0.3) is 0 Å². The van der Waals surface area contributed by atoms with Crippen LogP contribution in [0.3, 0.4) is 0 Å². The molecule has 1 aliphatic rings. The monoisotopic (exact) mass is 329 g/mol. The predicted molar refractivity (Wildman–Crippen MR) is 81.4 cm³/mol. The number of halogens is 1. The van der Waals surface area contributed by atoms with E-state index >= 15 is 0 Å². The van der Waals surface area contributed by atoms with Crippen LogP contribution in [0.25, 0.3) is 6.08 Å². The number of nitrogens with zero attached hydrogens (tertiary/aromatic N) is 1. The molecule has 0 aliphatic carbocycles. The first-order valence-electron chi connectivity index (χ1n) is 6.46. The van der Waals surface area contributed by atoms with Crippen LogP contribution in [0.1, 0.15) is 25.3 Å². The molecule has 0 spiro atoms. The molecule has 1 saturated heterocycles. The molecule has 0 amide bonds. The number of rotatable bonds is 4. The molecule has 21 heavy (non-hydrogen) atoms. The van der Waals surface area contributed by atoms with Crippen LogP contribution in [0.5, 0.6) is 0 Å². The molecule has 1 unspecified atom stereocenters. The molecule has 2 rings (SSSR count). The zero-order valence-corrected chi connectivity index (χ0v) is 13.1. The number of benzene rings is 1. The Labute approximate surface area is 128 Å². The van der Waals surface area contributed by atoms with E-state index in [4.69, 9.17) is 11.6 Å². The lowest BCUT2D eigenvalue weighted by molar-refractivity contribution is -0.146. The molecular weight excluding hydrogens is 314 g/mol. The van der Waals surface area contributed by atoms with Crippen molar-refractivity contribution in [3.63, 3.8) is 0 Å². The standard InChI is InChI=1S/C14H16ClNO4S/c1-14(13(17)18)8-2-9-16(14)21(19,20)10-7-11-3-5-12(15)6-4-11/h3-7,10H,2,8-9H2,1H3,(H,17,18). The quantitative estimate of drug-likeness (QED) is 0.921. The Kier molecular flexibility index (Phi) is 4.41. The highest BCUT2D eigenvalue weighted by molar-refractivity contribution is 7.92. The van der Waals surface area contributed by atoms with Gasteiger partial charge in [0.15, 0.2) is 0 Å². The molecule has 1 atom stereocenters. The molecule has 1 fully saturated rings. The highest BCUT2D eigenvalue weighted by atomic mass is 35.5. The SMILES string of the molecule is CC1(C(=O)O)CCCN1S(=O)(=O)C=Cc1ccc(Cl)cc1. The van der Waals surface area contributed by atoms with Crippen LogP contribution in [0.2, 0.25) is 5.02 Å². The number of sulfonamides is 1. The molecule has 1 aromatic carbocycles. The van der Waals surface area contributed by atoms with E-state index in [1.807, 2.05) is 0 Å². The first-order valence-corrected chi connectivity index (χ1v) is 8.34. The van der Waals surface area contributed by atoms with Crippen LogP contribution in [-0.2, 0) is 14.8 Å². The Morgan fingerprint density at radius 1 is 1.38 bits per heavy atom. The Balaban J connectivity index is 2.26. The van der Waals surface area contributed by atoms with Crippen LogP contribution in [0.15, 0.2) is 29.7 Å². The lowest BCUT2D eigenvalue weighted by atomic mass is 10.0. The topological polar surface area (TPSA) is 74.7 Å². The van der Waals surface area contributed by atoms with Crippen molar-refractivity contribution >= 4 is 33.7 Å². The number of hydrogen-bond donors (Lipinski definition) is 1. The van der Waals surface area contributed by atoms with Gasteiger partial charge in [0.1, 0.15) is 5.54 Å². The van der Waals surface area contributed by atoms with E-state index in [2.05, 4.69) is 0 Å². The van der Waals surface area contributed by atoms with Crippen molar-refractivity contribution in [3.8, 4) is 0 Å². The molecule has 1 heterocycles. The Morgan fingerprint density at radius 2 is 2.00 bits per heavy atom. The maximum atomic E-state index is 12.3. The number of carbonyl (C=O) groups is 1. The van der Waals surface area contributed by atoms with E-state index < -0.39 is 21.5 Å². The molecule has 1 aromatic rings. The lowest BCUT2D eigenvalue weighted by Gasteiger charge is -2.28. The maximum Gasteiger partial charge on any atom is 0.324 e. The fraction of sp³-hybridized carbons (Fsp3) is 0.357. The van der Waals surface area contributed by atoms with Gasteiger partial charge in [-0.1, -0.05) is 23.7 Å². The molecular formula is C14H16ClNO4S. The van der Waals surface area contributed by atoms with Crippen LogP contribution < -0.4 is 0 Å². The second-order valence-corrected chi connectivity index (χ2v) is 7.33.